The van der Waals surface area contributed by atoms with Gasteiger partial charge in [-0.3, -0.25) is 0 Å². The lowest BCUT2D eigenvalue weighted by Gasteiger charge is -2.05. The molecule has 3 nitrogen and oxygen atoms in total. The van der Waals surface area contributed by atoms with E-state index in [9.17, 15) is 8.42 Å². The maximum atomic E-state index is 11.3. The van der Waals surface area contributed by atoms with Crippen molar-refractivity contribution in [1.82, 2.24) is 5.32 Å². The van der Waals surface area contributed by atoms with E-state index >= 15 is 0 Å². The summed E-state index contributed by atoms with van der Waals surface area (Å²) in [4.78, 5) is 0.409. The molecule has 1 N–H and O–H groups in total. The molecule has 0 unspecified atom stereocenters. The summed E-state index contributed by atoms with van der Waals surface area (Å²) in [6, 6.07) is 5.67. The third-order valence-corrected chi connectivity index (χ3v) is 3.72. The molecule has 0 bridgehead atoms. The Balaban J connectivity index is 2.53. The summed E-state index contributed by atoms with van der Waals surface area (Å²) in [5, 5.41) is 3.27. The SMILES string of the molecule is C[C@@H]1NCc2cc(S(C)(=O)=O)ccc21. The Morgan fingerprint density at radius 2 is 2.14 bits per heavy atom. The summed E-state index contributed by atoms with van der Waals surface area (Å²) in [5.41, 5.74) is 2.30. The van der Waals surface area contributed by atoms with E-state index in [4.69, 9.17) is 0 Å². The zero-order valence-electron chi connectivity index (χ0n) is 8.24. The van der Waals surface area contributed by atoms with Crippen LogP contribution in [-0.4, -0.2) is 14.7 Å². The fraction of sp³-hybridized carbons (Fsp3) is 0.400. The van der Waals surface area contributed by atoms with Crippen molar-refractivity contribution in [3.05, 3.63) is 29.3 Å². The number of fused-ring (bicyclic) bond motifs is 1. The molecule has 1 aliphatic rings. The molecule has 0 spiro atoms. The van der Waals surface area contributed by atoms with Gasteiger partial charge in [-0.15, -0.1) is 0 Å². The highest BCUT2D eigenvalue weighted by Gasteiger charge is 2.19. The smallest absolute Gasteiger partial charge is 0.175 e. The Morgan fingerprint density at radius 3 is 2.79 bits per heavy atom. The lowest BCUT2D eigenvalue weighted by Crippen LogP contribution is -2.06. The molecule has 1 heterocycles. The zero-order chi connectivity index (χ0) is 10.3. The molecular weight excluding hydrogens is 198 g/mol. The first-order valence-corrected chi connectivity index (χ1v) is 6.44. The van der Waals surface area contributed by atoms with Gasteiger partial charge < -0.3 is 5.32 Å². The number of hydrogen-bond acceptors (Lipinski definition) is 3. The Bertz CT molecular complexity index is 465. The summed E-state index contributed by atoms with van der Waals surface area (Å²) in [6.45, 7) is 2.84. The van der Waals surface area contributed by atoms with Gasteiger partial charge in [0.1, 0.15) is 0 Å². The van der Waals surface area contributed by atoms with Crippen LogP contribution >= 0.6 is 0 Å². The van der Waals surface area contributed by atoms with Crippen molar-refractivity contribution in [1.29, 1.82) is 0 Å². The molecule has 1 aliphatic heterocycles. The first kappa shape index (κ1) is 9.68. The van der Waals surface area contributed by atoms with Gasteiger partial charge in [0.2, 0.25) is 0 Å². The van der Waals surface area contributed by atoms with Crippen LogP contribution in [0.5, 0.6) is 0 Å². The van der Waals surface area contributed by atoms with Crippen LogP contribution in [0, 0.1) is 0 Å². The largest absolute Gasteiger partial charge is 0.306 e. The second-order valence-electron chi connectivity index (χ2n) is 3.74. The highest BCUT2D eigenvalue weighted by Crippen LogP contribution is 2.26. The molecule has 76 valence electrons. The summed E-state index contributed by atoms with van der Waals surface area (Å²) in [5.74, 6) is 0. The normalized spacial score (nSPS) is 20.9. The number of sulfone groups is 1. The van der Waals surface area contributed by atoms with Gasteiger partial charge >= 0.3 is 0 Å². The molecule has 0 aromatic heterocycles. The van der Waals surface area contributed by atoms with E-state index in [0.717, 1.165) is 12.1 Å². The van der Waals surface area contributed by atoms with Crippen molar-refractivity contribution in [2.75, 3.05) is 6.26 Å². The molecule has 1 atom stereocenters. The quantitative estimate of drug-likeness (QED) is 0.760. The van der Waals surface area contributed by atoms with Crippen LogP contribution in [0.25, 0.3) is 0 Å². The van der Waals surface area contributed by atoms with E-state index in [1.165, 1.54) is 11.8 Å². The van der Waals surface area contributed by atoms with E-state index in [-0.39, 0.29) is 0 Å². The van der Waals surface area contributed by atoms with Gasteiger partial charge in [-0.2, -0.15) is 0 Å². The number of hydrogen-bond donors (Lipinski definition) is 1. The van der Waals surface area contributed by atoms with Gasteiger partial charge in [-0.05, 0) is 30.2 Å². The molecule has 0 radical (unpaired) electrons. The molecule has 4 heteroatoms. The number of rotatable bonds is 1. The van der Waals surface area contributed by atoms with Crippen molar-refractivity contribution >= 4 is 9.84 Å². The Kier molecular flexibility index (Phi) is 2.12. The first-order valence-electron chi connectivity index (χ1n) is 4.55. The van der Waals surface area contributed by atoms with Gasteiger partial charge in [0.15, 0.2) is 9.84 Å². The monoisotopic (exact) mass is 211 g/mol. The van der Waals surface area contributed by atoms with E-state index < -0.39 is 9.84 Å². The molecule has 1 aromatic rings. The van der Waals surface area contributed by atoms with Crippen molar-refractivity contribution < 1.29 is 8.42 Å². The lowest BCUT2D eigenvalue weighted by atomic mass is 10.1. The molecule has 2 rings (SSSR count). The van der Waals surface area contributed by atoms with Crippen molar-refractivity contribution in [2.45, 2.75) is 24.4 Å². The lowest BCUT2D eigenvalue weighted by molar-refractivity contribution is 0.601. The Hall–Kier alpha value is -0.870. The maximum Gasteiger partial charge on any atom is 0.175 e. The van der Waals surface area contributed by atoms with Gasteiger partial charge in [0.05, 0.1) is 4.90 Å². The molecule has 0 saturated carbocycles. The summed E-state index contributed by atoms with van der Waals surface area (Å²) in [6.07, 6.45) is 1.24. The van der Waals surface area contributed by atoms with Crippen LogP contribution in [-0.2, 0) is 16.4 Å². The van der Waals surface area contributed by atoms with Gasteiger partial charge in [0, 0.05) is 18.8 Å². The average molecular weight is 211 g/mol. The van der Waals surface area contributed by atoms with Crippen molar-refractivity contribution in [2.24, 2.45) is 0 Å². The average Bonchev–Trinajstić information content (AvgIpc) is 2.46. The summed E-state index contributed by atoms with van der Waals surface area (Å²) in [7, 11) is -3.07. The van der Waals surface area contributed by atoms with E-state index in [2.05, 4.69) is 12.2 Å². The maximum absolute atomic E-state index is 11.3. The van der Waals surface area contributed by atoms with Crippen molar-refractivity contribution in [3.8, 4) is 0 Å². The second-order valence-corrected chi connectivity index (χ2v) is 5.75. The van der Waals surface area contributed by atoms with Crippen LogP contribution in [0.15, 0.2) is 23.1 Å². The fourth-order valence-corrected chi connectivity index (χ4v) is 2.43. The predicted octanol–water partition coefficient (Wildman–Crippen LogP) is 1.25. The van der Waals surface area contributed by atoms with Gasteiger partial charge in [-0.1, -0.05) is 6.07 Å². The van der Waals surface area contributed by atoms with Crippen LogP contribution < -0.4 is 5.32 Å². The van der Waals surface area contributed by atoms with Crippen molar-refractivity contribution in [3.63, 3.8) is 0 Å². The molecular formula is C10H13NO2S. The fourth-order valence-electron chi connectivity index (χ4n) is 1.76. The van der Waals surface area contributed by atoms with Gasteiger partial charge in [0.25, 0.3) is 0 Å². The topological polar surface area (TPSA) is 46.2 Å². The molecule has 0 fully saturated rings. The van der Waals surface area contributed by atoms with Gasteiger partial charge in [-0.25, -0.2) is 8.42 Å². The summed E-state index contributed by atoms with van der Waals surface area (Å²) >= 11 is 0. The van der Waals surface area contributed by atoms with Crippen LogP contribution in [0.1, 0.15) is 24.1 Å². The van der Waals surface area contributed by atoms with Crippen LogP contribution in [0.2, 0.25) is 0 Å². The molecule has 0 amide bonds. The minimum atomic E-state index is -3.07. The minimum Gasteiger partial charge on any atom is -0.306 e. The first-order chi connectivity index (χ1) is 6.48. The second kappa shape index (κ2) is 3.07. The number of nitrogens with one attached hydrogen (secondary N) is 1. The molecule has 14 heavy (non-hydrogen) atoms. The Labute approximate surface area is 84.1 Å². The van der Waals surface area contributed by atoms with E-state index in [1.54, 1.807) is 12.1 Å². The van der Waals surface area contributed by atoms with E-state index in [0.29, 0.717) is 10.9 Å². The Morgan fingerprint density at radius 1 is 1.43 bits per heavy atom. The predicted molar refractivity (Wildman–Crippen MR) is 54.8 cm³/mol. The summed E-state index contributed by atoms with van der Waals surface area (Å²) < 4.78 is 22.6. The minimum absolute atomic E-state index is 0.332. The third-order valence-electron chi connectivity index (χ3n) is 2.61. The molecule has 0 saturated heterocycles. The number of benzene rings is 1. The highest BCUT2D eigenvalue weighted by molar-refractivity contribution is 7.90. The molecule has 0 aliphatic carbocycles. The zero-order valence-corrected chi connectivity index (χ0v) is 9.06. The molecule has 1 aromatic carbocycles. The standard InChI is InChI=1S/C10H13NO2S/c1-7-10-4-3-9(14(2,12)13)5-8(10)6-11-7/h3-5,7,11H,6H2,1-2H3/t7-/m0/s1. The van der Waals surface area contributed by atoms with Crippen LogP contribution in [0.4, 0.5) is 0 Å². The van der Waals surface area contributed by atoms with Crippen LogP contribution in [0.3, 0.4) is 0 Å². The van der Waals surface area contributed by atoms with E-state index in [1.807, 2.05) is 6.07 Å². The highest BCUT2D eigenvalue weighted by atomic mass is 32.2. The third kappa shape index (κ3) is 1.55.